The first-order chi connectivity index (χ1) is 8.48. The minimum Gasteiger partial charge on any atom is -0.288 e. The van der Waals surface area contributed by atoms with Crippen LogP contribution in [0.15, 0.2) is 0 Å². The molecule has 0 heterocycles. The second-order valence-electron chi connectivity index (χ2n) is 5.91. The van der Waals surface area contributed by atoms with Gasteiger partial charge in [-0.05, 0) is 31.2 Å². The zero-order valence-corrected chi connectivity index (χ0v) is 15.3. The summed E-state index contributed by atoms with van der Waals surface area (Å²) < 4.78 is 0. The van der Waals surface area contributed by atoms with Crippen LogP contribution in [0.25, 0.3) is 0 Å². The third kappa shape index (κ3) is 5.02. The van der Waals surface area contributed by atoms with Crippen molar-refractivity contribution < 1.29 is 0 Å². The topological polar surface area (TPSA) is 6.48 Å². The molecule has 0 atom stereocenters. The maximum Gasteiger partial charge on any atom is 0.0644 e. The molecule has 0 spiro atoms. The molecule has 0 radical (unpaired) electrons. The minimum atomic E-state index is -0.0144. The highest BCUT2D eigenvalue weighted by Crippen LogP contribution is 2.35. The third-order valence-corrected chi connectivity index (χ3v) is 6.90. The lowest BCUT2D eigenvalue weighted by Gasteiger charge is -2.47. The standard InChI is InChI=1S/C15H36N2Si/c1-8-13-18-15(6,7)14(16(9-2)10-3)17(11-4)12-5/h14H,8-13,18H2,1-7H3. The van der Waals surface area contributed by atoms with Gasteiger partial charge in [-0.3, -0.25) is 9.80 Å². The Labute approximate surface area is 118 Å². The summed E-state index contributed by atoms with van der Waals surface area (Å²) in [7, 11) is -0.0144. The Hall–Kier alpha value is 0.137. The molecule has 0 N–H and O–H groups in total. The first-order valence-corrected chi connectivity index (χ1v) is 9.67. The van der Waals surface area contributed by atoms with Crippen molar-refractivity contribution in [1.29, 1.82) is 0 Å². The van der Waals surface area contributed by atoms with Crippen LogP contribution in [0, 0.1) is 0 Å². The molecule has 0 aromatic rings. The summed E-state index contributed by atoms with van der Waals surface area (Å²) in [6, 6.07) is 1.48. The zero-order chi connectivity index (χ0) is 14.2. The van der Waals surface area contributed by atoms with Gasteiger partial charge in [0.2, 0.25) is 0 Å². The highest BCUT2D eigenvalue weighted by molar-refractivity contribution is 6.40. The van der Waals surface area contributed by atoms with Gasteiger partial charge in [0.05, 0.1) is 6.17 Å². The highest BCUT2D eigenvalue weighted by atomic mass is 28.2. The summed E-state index contributed by atoms with van der Waals surface area (Å²) in [6.07, 6.45) is 2.00. The van der Waals surface area contributed by atoms with Crippen LogP contribution in [0.3, 0.4) is 0 Å². The van der Waals surface area contributed by atoms with Crippen molar-refractivity contribution in [3.63, 3.8) is 0 Å². The molecule has 0 unspecified atom stereocenters. The maximum atomic E-state index is 2.66. The molecule has 110 valence electrons. The Morgan fingerprint density at radius 2 is 1.22 bits per heavy atom. The Morgan fingerprint density at radius 1 is 0.833 bits per heavy atom. The van der Waals surface area contributed by atoms with E-state index >= 15 is 0 Å². The Bertz CT molecular complexity index is 187. The van der Waals surface area contributed by atoms with E-state index in [1.807, 2.05) is 0 Å². The summed E-state index contributed by atoms with van der Waals surface area (Å²) in [4.78, 5) is 5.32. The molecule has 18 heavy (non-hydrogen) atoms. The van der Waals surface area contributed by atoms with Gasteiger partial charge >= 0.3 is 0 Å². The highest BCUT2D eigenvalue weighted by Gasteiger charge is 2.35. The van der Waals surface area contributed by atoms with E-state index in [2.05, 4.69) is 58.3 Å². The molecule has 0 bridgehead atoms. The van der Waals surface area contributed by atoms with Gasteiger partial charge in [-0.2, -0.15) is 0 Å². The van der Waals surface area contributed by atoms with Gasteiger partial charge in [0.1, 0.15) is 0 Å². The van der Waals surface area contributed by atoms with Crippen LogP contribution in [0.1, 0.15) is 54.9 Å². The lowest BCUT2D eigenvalue weighted by molar-refractivity contribution is 0.0285. The predicted octanol–water partition coefficient (Wildman–Crippen LogP) is 3.19. The molecular weight excluding hydrogens is 236 g/mol. The monoisotopic (exact) mass is 272 g/mol. The summed E-state index contributed by atoms with van der Waals surface area (Å²) in [5, 5.41) is 0.508. The molecule has 0 saturated carbocycles. The Morgan fingerprint density at radius 3 is 1.50 bits per heavy atom. The van der Waals surface area contributed by atoms with E-state index in [4.69, 9.17) is 0 Å². The lowest BCUT2D eigenvalue weighted by atomic mass is 10.1. The molecule has 0 fully saturated rings. The molecule has 0 aromatic carbocycles. The van der Waals surface area contributed by atoms with Gasteiger partial charge < -0.3 is 0 Å². The van der Waals surface area contributed by atoms with Crippen molar-refractivity contribution in [3.8, 4) is 0 Å². The fraction of sp³-hybridized carbons (Fsp3) is 1.00. The van der Waals surface area contributed by atoms with E-state index in [0.717, 1.165) is 0 Å². The second kappa shape index (κ2) is 9.11. The van der Waals surface area contributed by atoms with Gasteiger partial charge in [0, 0.05) is 9.52 Å². The third-order valence-electron chi connectivity index (χ3n) is 4.19. The second-order valence-corrected chi connectivity index (χ2v) is 8.94. The van der Waals surface area contributed by atoms with Gasteiger partial charge in [-0.25, -0.2) is 0 Å². The molecule has 2 nitrogen and oxygen atoms in total. The van der Waals surface area contributed by atoms with Gasteiger partial charge in [0.15, 0.2) is 0 Å². The quantitative estimate of drug-likeness (QED) is 0.445. The van der Waals surface area contributed by atoms with Crippen molar-refractivity contribution >= 4 is 9.52 Å². The van der Waals surface area contributed by atoms with E-state index in [1.165, 1.54) is 38.6 Å². The van der Waals surface area contributed by atoms with Gasteiger partial charge in [0.25, 0.3) is 0 Å². The van der Waals surface area contributed by atoms with Crippen molar-refractivity contribution in [2.45, 2.75) is 72.1 Å². The Balaban J connectivity index is 5.04. The fourth-order valence-corrected chi connectivity index (χ4v) is 5.16. The summed E-state index contributed by atoms with van der Waals surface area (Å²) >= 11 is 0. The van der Waals surface area contributed by atoms with Gasteiger partial charge in [-0.15, -0.1) is 0 Å². The maximum absolute atomic E-state index is 2.66. The van der Waals surface area contributed by atoms with Crippen LogP contribution in [0.5, 0.6) is 0 Å². The zero-order valence-electron chi connectivity index (χ0n) is 13.9. The van der Waals surface area contributed by atoms with Crippen LogP contribution in [0.4, 0.5) is 0 Å². The van der Waals surface area contributed by atoms with Crippen LogP contribution in [-0.4, -0.2) is 51.7 Å². The number of hydrogen-bond donors (Lipinski definition) is 0. The van der Waals surface area contributed by atoms with E-state index < -0.39 is 0 Å². The SMILES string of the molecule is CCC[SiH2]C(C)(C)C(N(CC)CC)N(CC)CC. The van der Waals surface area contributed by atoms with E-state index in [9.17, 15) is 0 Å². The van der Waals surface area contributed by atoms with Crippen molar-refractivity contribution in [1.82, 2.24) is 9.80 Å². The summed E-state index contributed by atoms with van der Waals surface area (Å²) in [6.45, 7) is 21.2. The molecule has 3 heteroatoms. The van der Waals surface area contributed by atoms with Crippen LogP contribution in [0.2, 0.25) is 11.1 Å². The van der Waals surface area contributed by atoms with Crippen molar-refractivity contribution in [3.05, 3.63) is 0 Å². The van der Waals surface area contributed by atoms with Crippen LogP contribution >= 0.6 is 0 Å². The normalized spacial score (nSPS) is 13.7. The van der Waals surface area contributed by atoms with Gasteiger partial charge in [-0.1, -0.05) is 60.9 Å². The molecule has 0 aliphatic heterocycles. The molecule has 0 saturated heterocycles. The first-order valence-electron chi connectivity index (χ1n) is 7.96. The smallest absolute Gasteiger partial charge is 0.0644 e. The summed E-state index contributed by atoms with van der Waals surface area (Å²) in [5.41, 5.74) is 0. The molecule has 0 rings (SSSR count). The molecule has 0 aromatic heterocycles. The van der Waals surface area contributed by atoms with Crippen LogP contribution < -0.4 is 0 Å². The largest absolute Gasteiger partial charge is 0.288 e. The minimum absolute atomic E-state index is 0.0144. The fourth-order valence-electron chi connectivity index (χ4n) is 3.12. The molecule has 0 aliphatic rings. The number of rotatable bonds is 10. The lowest BCUT2D eigenvalue weighted by Crippen LogP contribution is -2.55. The van der Waals surface area contributed by atoms with E-state index in [1.54, 1.807) is 0 Å². The van der Waals surface area contributed by atoms with Crippen LogP contribution in [-0.2, 0) is 0 Å². The average molecular weight is 273 g/mol. The average Bonchev–Trinajstić information content (AvgIpc) is 2.37. The first kappa shape index (κ1) is 18.1. The summed E-state index contributed by atoms with van der Waals surface area (Å²) in [5.74, 6) is 0. The van der Waals surface area contributed by atoms with E-state index in [-0.39, 0.29) is 9.52 Å². The molecular formula is C15H36N2Si. The molecule has 0 amide bonds. The number of nitrogens with zero attached hydrogens (tertiary/aromatic N) is 2. The van der Waals surface area contributed by atoms with E-state index in [0.29, 0.717) is 11.2 Å². The number of hydrogen-bond acceptors (Lipinski definition) is 2. The molecule has 0 aliphatic carbocycles. The Kier molecular flexibility index (Phi) is 9.18. The van der Waals surface area contributed by atoms with Crippen molar-refractivity contribution in [2.24, 2.45) is 0 Å². The predicted molar refractivity (Wildman–Crippen MR) is 87.3 cm³/mol. The van der Waals surface area contributed by atoms with Crippen molar-refractivity contribution in [2.75, 3.05) is 26.2 Å².